The molecule has 0 heterocycles. The predicted molar refractivity (Wildman–Crippen MR) is 76.1 cm³/mol. The highest BCUT2D eigenvalue weighted by Gasteiger charge is 2.36. The minimum absolute atomic E-state index is 0.00834. The first kappa shape index (κ1) is 15.0. The van der Waals surface area contributed by atoms with Crippen LogP contribution in [0, 0.1) is 18.6 Å². The molecule has 0 aliphatic carbocycles. The molecule has 0 saturated heterocycles. The summed E-state index contributed by atoms with van der Waals surface area (Å²) in [7, 11) is 0. The van der Waals surface area contributed by atoms with Crippen molar-refractivity contribution in [1.82, 2.24) is 0 Å². The van der Waals surface area contributed by atoms with Crippen LogP contribution in [0.4, 0.5) is 14.5 Å². The molecule has 3 nitrogen and oxygen atoms in total. The molecule has 5 heteroatoms. The van der Waals surface area contributed by atoms with Crippen molar-refractivity contribution in [2.24, 2.45) is 0 Å². The van der Waals surface area contributed by atoms with E-state index in [0.29, 0.717) is 11.8 Å². The molecule has 1 unspecified atom stereocenters. The van der Waals surface area contributed by atoms with Crippen LogP contribution in [0.15, 0.2) is 42.5 Å². The second-order valence-corrected chi connectivity index (χ2v) is 5.08. The molecule has 2 aromatic carbocycles. The van der Waals surface area contributed by atoms with Gasteiger partial charge in [-0.25, -0.2) is 13.6 Å². The van der Waals surface area contributed by atoms with Crippen LogP contribution >= 0.6 is 0 Å². The number of anilines is 1. The Labute approximate surface area is 121 Å². The molecule has 2 N–H and O–H groups in total. The molecular weight excluding hydrogens is 276 g/mol. The van der Waals surface area contributed by atoms with Gasteiger partial charge in [0.2, 0.25) is 0 Å². The van der Waals surface area contributed by atoms with Crippen molar-refractivity contribution >= 4 is 11.7 Å². The number of carbonyl (C=O) groups is 1. The normalized spacial score (nSPS) is 13.5. The molecule has 110 valence electrons. The molecule has 0 saturated carbocycles. The number of hydrogen-bond donors (Lipinski definition) is 2. The van der Waals surface area contributed by atoms with Crippen molar-refractivity contribution in [2.75, 3.05) is 5.32 Å². The smallest absolute Gasteiger partial charge is 0.333 e. The predicted octanol–water partition coefficient (Wildman–Crippen LogP) is 3.69. The second kappa shape index (κ2) is 5.52. The number of hydrogen-bond acceptors (Lipinski definition) is 2. The van der Waals surface area contributed by atoms with Crippen LogP contribution in [0.25, 0.3) is 0 Å². The van der Waals surface area contributed by atoms with Gasteiger partial charge >= 0.3 is 5.97 Å². The number of nitrogens with one attached hydrogen (secondary N) is 1. The number of benzene rings is 2. The van der Waals surface area contributed by atoms with Crippen LogP contribution in [-0.2, 0) is 10.3 Å². The van der Waals surface area contributed by atoms with Crippen molar-refractivity contribution in [3.63, 3.8) is 0 Å². The van der Waals surface area contributed by atoms with Crippen molar-refractivity contribution in [3.8, 4) is 0 Å². The topological polar surface area (TPSA) is 49.3 Å². The highest BCUT2D eigenvalue weighted by molar-refractivity contribution is 5.84. The lowest BCUT2D eigenvalue weighted by Crippen LogP contribution is -2.40. The molecule has 2 rings (SSSR count). The Balaban J connectivity index is 2.47. The third-order valence-corrected chi connectivity index (χ3v) is 3.28. The van der Waals surface area contributed by atoms with E-state index >= 15 is 0 Å². The summed E-state index contributed by atoms with van der Waals surface area (Å²) in [4.78, 5) is 11.6. The Morgan fingerprint density at radius 1 is 1.14 bits per heavy atom. The summed E-state index contributed by atoms with van der Waals surface area (Å²) in [6.07, 6.45) is 0. The number of carboxylic acids is 1. The molecule has 0 radical (unpaired) electrons. The fourth-order valence-electron chi connectivity index (χ4n) is 2.10. The van der Waals surface area contributed by atoms with E-state index in [1.54, 1.807) is 18.2 Å². The fraction of sp³-hybridized carbons (Fsp3) is 0.188. The van der Waals surface area contributed by atoms with Gasteiger partial charge in [0, 0.05) is 11.8 Å². The second-order valence-electron chi connectivity index (χ2n) is 5.08. The maximum atomic E-state index is 13.4. The lowest BCUT2D eigenvalue weighted by Gasteiger charge is -2.28. The maximum Gasteiger partial charge on any atom is 0.333 e. The molecule has 0 aromatic heterocycles. The van der Waals surface area contributed by atoms with Crippen molar-refractivity contribution in [3.05, 3.63) is 65.2 Å². The van der Waals surface area contributed by atoms with Crippen LogP contribution in [0.2, 0.25) is 0 Å². The molecule has 21 heavy (non-hydrogen) atoms. The van der Waals surface area contributed by atoms with Crippen LogP contribution in [0.5, 0.6) is 0 Å². The van der Waals surface area contributed by atoms with Crippen molar-refractivity contribution < 1.29 is 18.7 Å². The molecule has 0 amide bonds. The number of rotatable bonds is 4. The molecule has 0 fully saturated rings. The lowest BCUT2D eigenvalue weighted by atomic mass is 9.91. The van der Waals surface area contributed by atoms with Crippen LogP contribution in [0.1, 0.15) is 18.1 Å². The number of aryl methyl sites for hydroxylation is 1. The molecule has 0 aliphatic heterocycles. The van der Waals surface area contributed by atoms with Crippen molar-refractivity contribution in [2.45, 2.75) is 19.4 Å². The zero-order valence-corrected chi connectivity index (χ0v) is 11.7. The number of halogens is 2. The maximum absolute atomic E-state index is 13.4. The van der Waals surface area contributed by atoms with E-state index in [4.69, 9.17) is 0 Å². The first-order valence-electron chi connectivity index (χ1n) is 6.36. The fourth-order valence-corrected chi connectivity index (χ4v) is 2.10. The average Bonchev–Trinajstić information content (AvgIpc) is 2.37. The van der Waals surface area contributed by atoms with Crippen molar-refractivity contribution in [1.29, 1.82) is 0 Å². The highest BCUT2D eigenvalue weighted by atomic mass is 19.1. The molecular formula is C16H15F2NO2. The highest BCUT2D eigenvalue weighted by Crippen LogP contribution is 2.28. The van der Waals surface area contributed by atoms with E-state index in [1.165, 1.54) is 6.92 Å². The van der Waals surface area contributed by atoms with Crippen LogP contribution in [-0.4, -0.2) is 11.1 Å². The van der Waals surface area contributed by atoms with Gasteiger partial charge in [0.1, 0.15) is 11.6 Å². The molecule has 2 aromatic rings. The summed E-state index contributed by atoms with van der Waals surface area (Å²) in [6.45, 7) is 3.23. The number of aliphatic carboxylic acids is 1. The van der Waals surface area contributed by atoms with Gasteiger partial charge in [0.25, 0.3) is 0 Å². The zero-order chi connectivity index (χ0) is 15.6. The minimum atomic E-state index is -1.64. The molecule has 1 atom stereocenters. The summed E-state index contributed by atoms with van der Waals surface area (Å²) in [6, 6.07) is 9.83. The van der Waals surface area contributed by atoms with Gasteiger partial charge in [0.15, 0.2) is 5.54 Å². The quantitative estimate of drug-likeness (QED) is 0.903. The standard InChI is InChI=1S/C16H15F2NO2/c1-10-4-3-5-14(6-10)19-16(2,15(20)21)11-7-12(17)9-13(18)8-11/h3-9,19H,1-2H3,(H,20,21). The summed E-state index contributed by atoms with van der Waals surface area (Å²) in [5, 5.41) is 12.3. The van der Waals surface area contributed by atoms with Gasteiger partial charge in [-0.3, -0.25) is 0 Å². The van der Waals surface area contributed by atoms with E-state index < -0.39 is 23.1 Å². The van der Waals surface area contributed by atoms with E-state index in [9.17, 15) is 18.7 Å². The van der Waals surface area contributed by atoms with Gasteiger partial charge in [-0.1, -0.05) is 12.1 Å². The van der Waals surface area contributed by atoms with Crippen LogP contribution < -0.4 is 5.32 Å². The third kappa shape index (κ3) is 3.18. The lowest BCUT2D eigenvalue weighted by molar-refractivity contribution is -0.142. The Morgan fingerprint density at radius 3 is 2.29 bits per heavy atom. The van der Waals surface area contributed by atoms with Gasteiger partial charge in [-0.05, 0) is 49.2 Å². The van der Waals surface area contributed by atoms with E-state index in [0.717, 1.165) is 17.7 Å². The number of carboxylic acid groups (broad SMARTS) is 1. The third-order valence-electron chi connectivity index (χ3n) is 3.28. The zero-order valence-electron chi connectivity index (χ0n) is 11.7. The Morgan fingerprint density at radius 2 is 1.76 bits per heavy atom. The first-order valence-corrected chi connectivity index (χ1v) is 6.36. The van der Waals surface area contributed by atoms with Gasteiger partial charge in [-0.2, -0.15) is 0 Å². The van der Waals surface area contributed by atoms with Gasteiger partial charge < -0.3 is 10.4 Å². The largest absolute Gasteiger partial charge is 0.479 e. The minimum Gasteiger partial charge on any atom is -0.479 e. The first-order chi connectivity index (χ1) is 9.81. The van der Waals surface area contributed by atoms with Gasteiger partial charge in [-0.15, -0.1) is 0 Å². The molecule has 0 aliphatic rings. The SMILES string of the molecule is Cc1cccc(NC(C)(C(=O)O)c2cc(F)cc(F)c2)c1. The average molecular weight is 291 g/mol. The van der Waals surface area contributed by atoms with Gasteiger partial charge in [0.05, 0.1) is 0 Å². The summed E-state index contributed by atoms with van der Waals surface area (Å²) in [5.74, 6) is -2.86. The summed E-state index contributed by atoms with van der Waals surface area (Å²) in [5.41, 5.74) is -0.131. The molecule has 0 bridgehead atoms. The Bertz CT molecular complexity index is 667. The summed E-state index contributed by atoms with van der Waals surface area (Å²) >= 11 is 0. The van der Waals surface area contributed by atoms with E-state index in [1.807, 2.05) is 13.0 Å². The molecule has 0 spiro atoms. The van der Waals surface area contributed by atoms with E-state index in [2.05, 4.69) is 5.32 Å². The van der Waals surface area contributed by atoms with Crippen LogP contribution in [0.3, 0.4) is 0 Å². The van der Waals surface area contributed by atoms with E-state index in [-0.39, 0.29) is 5.56 Å². The Kier molecular flexibility index (Phi) is 3.93. The Hall–Kier alpha value is -2.43. The monoisotopic (exact) mass is 291 g/mol. The summed E-state index contributed by atoms with van der Waals surface area (Å²) < 4.78 is 26.7.